The van der Waals surface area contributed by atoms with Gasteiger partial charge in [-0.1, -0.05) is 6.07 Å². The summed E-state index contributed by atoms with van der Waals surface area (Å²) in [5.74, 6) is 0.233. The average molecular weight is 270 g/mol. The van der Waals surface area contributed by atoms with Crippen LogP contribution >= 0.6 is 34.2 Å². The fraction of sp³-hybridized carbons (Fsp3) is 0.143. The Hall–Kier alpha value is 0.170. The van der Waals surface area contributed by atoms with E-state index in [9.17, 15) is 4.39 Å². The normalized spacial score (nSPS) is 9.90. The van der Waals surface area contributed by atoms with Gasteiger partial charge in [-0.05, 0) is 40.3 Å². The summed E-state index contributed by atoms with van der Waals surface area (Å²) in [5, 5.41) is 0. The number of rotatable bonds is 1. The molecule has 0 aliphatic carbocycles. The van der Waals surface area contributed by atoms with Crippen LogP contribution in [0.5, 0.6) is 0 Å². The van der Waals surface area contributed by atoms with Crippen LogP contribution in [0, 0.1) is 9.39 Å². The van der Waals surface area contributed by atoms with Crippen LogP contribution < -0.4 is 0 Å². The minimum absolute atomic E-state index is 0.210. The Morgan fingerprint density at radius 3 is 2.70 bits per heavy atom. The molecule has 0 saturated carbocycles. The van der Waals surface area contributed by atoms with Crippen molar-refractivity contribution < 1.29 is 4.39 Å². The van der Waals surface area contributed by atoms with Gasteiger partial charge < -0.3 is 0 Å². The summed E-state index contributed by atoms with van der Waals surface area (Å²) in [7, 11) is 0. The highest BCUT2D eigenvalue weighted by molar-refractivity contribution is 14.1. The van der Waals surface area contributed by atoms with Gasteiger partial charge in [-0.25, -0.2) is 4.39 Å². The summed E-state index contributed by atoms with van der Waals surface area (Å²) in [6, 6.07) is 4.59. The van der Waals surface area contributed by atoms with Crippen molar-refractivity contribution >= 4 is 34.2 Å². The second kappa shape index (κ2) is 3.53. The first-order valence-electron chi connectivity index (χ1n) is 2.74. The predicted octanol–water partition coefficient (Wildman–Crippen LogP) is 3.17. The van der Waals surface area contributed by atoms with E-state index in [4.69, 9.17) is 11.6 Å². The van der Waals surface area contributed by atoms with Crippen LogP contribution in [0.3, 0.4) is 0 Å². The average Bonchev–Trinajstić information content (AvgIpc) is 1.88. The standard InChI is InChI=1S/C7H5ClFI/c8-4-5-1-2-6(9)3-7(5)10/h1-3H,4H2. The molecule has 0 fully saturated rings. The molecule has 0 heterocycles. The quantitative estimate of drug-likeness (QED) is 0.543. The minimum atomic E-state index is -0.210. The van der Waals surface area contributed by atoms with Crippen LogP contribution in [0.15, 0.2) is 18.2 Å². The number of hydrogen-bond donors (Lipinski definition) is 0. The molecule has 3 heteroatoms. The molecule has 0 aliphatic heterocycles. The van der Waals surface area contributed by atoms with E-state index in [1.807, 2.05) is 0 Å². The first kappa shape index (κ1) is 8.27. The van der Waals surface area contributed by atoms with E-state index in [-0.39, 0.29) is 5.82 Å². The molecule has 0 amide bonds. The molecule has 0 spiro atoms. The molecule has 54 valence electrons. The summed E-state index contributed by atoms with van der Waals surface area (Å²) < 4.78 is 13.3. The third-order valence-electron chi connectivity index (χ3n) is 1.16. The highest BCUT2D eigenvalue weighted by Gasteiger charge is 1.97. The van der Waals surface area contributed by atoms with Gasteiger partial charge in [0.1, 0.15) is 5.82 Å². The Morgan fingerprint density at radius 1 is 1.50 bits per heavy atom. The van der Waals surface area contributed by atoms with Gasteiger partial charge >= 0.3 is 0 Å². The molecule has 0 N–H and O–H groups in total. The summed E-state index contributed by atoms with van der Waals surface area (Å²) in [6.07, 6.45) is 0. The molecule has 0 saturated heterocycles. The monoisotopic (exact) mass is 270 g/mol. The maximum absolute atomic E-state index is 12.4. The van der Waals surface area contributed by atoms with Crippen LogP contribution in [-0.2, 0) is 5.88 Å². The summed E-state index contributed by atoms with van der Waals surface area (Å²) in [6.45, 7) is 0. The molecule has 1 rings (SSSR count). The Morgan fingerprint density at radius 2 is 2.20 bits per heavy atom. The second-order valence-electron chi connectivity index (χ2n) is 1.87. The van der Waals surface area contributed by atoms with E-state index in [2.05, 4.69) is 22.6 Å². The molecule has 0 aliphatic rings. The zero-order valence-electron chi connectivity index (χ0n) is 5.07. The van der Waals surface area contributed by atoms with E-state index in [0.717, 1.165) is 9.13 Å². The van der Waals surface area contributed by atoms with Crippen molar-refractivity contribution in [2.24, 2.45) is 0 Å². The van der Waals surface area contributed by atoms with E-state index in [1.165, 1.54) is 12.1 Å². The molecule has 0 bridgehead atoms. The van der Waals surface area contributed by atoms with Gasteiger partial charge in [0.05, 0.1) is 0 Å². The van der Waals surface area contributed by atoms with Crippen molar-refractivity contribution in [3.8, 4) is 0 Å². The van der Waals surface area contributed by atoms with E-state index < -0.39 is 0 Å². The third-order valence-corrected chi connectivity index (χ3v) is 2.45. The van der Waals surface area contributed by atoms with Crippen molar-refractivity contribution in [2.45, 2.75) is 5.88 Å². The van der Waals surface area contributed by atoms with Gasteiger partial charge in [0.15, 0.2) is 0 Å². The fourth-order valence-corrected chi connectivity index (χ4v) is 1.76. The van der Waals surface area contributed by atoms with E-state index >= 15 is 0 Å². The second-order valence-corrected chi connectivity index (χ2v) is 3.30. The van der Waals surface area contributed by atoms with Crippen LogP contribution in [0.25, 0.3) is 0 Å². The Bertz CT molecular complexity index is 237. The highest BCUT2D eigenvalue weighted by Crippen LogP contribution is 2.15. The van der Waals surface area contributed by atoms with E-state index in [1.54, 1.807) is 6.07 Å². The lowest BCUT2D eigenvalue weighted by molar-refractivity contribution is 0.626. The Labute approximate surface area is 77.5 Å². The van der Waals surface area contributed by atoms with E-state index in [0.29, 0.717) is 5.88 Å². The number of hydrogen-bond acceptors (Lipinski definition) is 0. The third kappa shape index (κ3) is 1.83. The molecule has 1 aromatic rings. The van der Waals surface area contributed by atoms with Crippen molar-refractivity contribution in [3.05, 3.63) is 33.1 Å². The molecule has 1 aromatic carbocycles. The Balaban J connectivity index is 3.07. The van der Waals surface area contributed by atoms with Crippen molar-refractivity contribution in [2.75, 3.05) is 0 Å². The lowest BCUT2D eigenvalue weighted by Crippen LogP contribution is -1.84. The largest absolute Gasteiger partial charge is 0.207 e. The van der Waals surface area contributed by atoms with Crippen LogP contribution in [0.1, 0.15) is 5.56 Å². The topological polar surface area (TPSA) is 0 Å². The fourth-order valence-electron chi connectivity index (χ4n) is 0.630. The van der Waals surface area contributed by atoms with Gasteiger partial charge in [-0.15, -0.1) is 11.6 Å². The molecule has 0 unspecified atom stereocenters. The molecule has 10 heavy (non-hydrogen) atoms. The predicted molar refractivity (Wildman–Crippen MR) is 48.7 cm³/mol. The van der Waals surface area contributed by atoms with Gasteiger partial charge in [-0.3, -0.25) is 0 Å². The molecule has 0 aromatic heterocycles. The first-order valence-corrected chi connectivity index (χ1v) is 4.35. The molecular formula is C7H5ClFI. The van der Waals surface area contributed by atoms with Crippen molar-refractivity contribution in [3.63, 3.8) is 0 Å². The zero-order valence-corrected chi connectivity index (χ0v) is 7.99. The molecule has 0 nitrogen and oxygen atoms in total. The Kier molecular flexibility index (Phi) is 2.92. The van der Waals surface area contributed by atoms with Gasteiger partial charge in [-0.2, -0.15) is 0 Å². The maximum Gasteiger partial charge on any atom is 0.124 e. The highest BCUT2D eigenvalue weighted by atomic mass is 127. The lowest BCUT2D eigenvalue weighted by atomic mass is 10.2. The minimum Gasteiger partial charge on any atom is -0.207 e. The van der Waals surface area contributed by atoms with Gasteiger partial charge in [0.2, 0.25) is 0 Å². The lowest BCUT2D eigenvalue weighted by Gasteiger charge is -1.97. The summed E-state index contributed by atoms with van der Waals surface area (Å²) in [4.78, 5) is 0. The maximum atomic E-state index is 12.4. The van der Waals surface area contributed by atoms with Crippen molar-refractivity contribution in [1.29, 1.82) is 0 Å². The number of benzene rings is 1. The van der Waals surface area contributed by atoms with Crippen LogP contribution in [0.4, 0.5) is 4.39 Å². The van der Waals surface area contributed by atoms with Crippen LogP contribution in [-0.4, -0.2) is 0 Å². The first-order chi connectivity index (χ1) is 4.74. The van der Waals surface area contributed by atoms with Crippen LogP contribution in [0.2, 0.25) is 0 Å². The summed E-state index contributed by atoms with van der Waals surface area (Å²) >= 11 is 7.62. The van der Waals surface area contributed by atoms with Crippen molar-refractivity contribution in [1.82, 2.24) is 0 Å². The molecular weight excluding hydrogens is 265 g/mol. The summed E-state index contributed by atoms with van der Waals surface area (Å²) in [5.41, 5.74) is 0.976. The SMILES string of the molecule is Fc1ccc(CCl)c(I)c1. The number of alkyl halides is 1. The molecule has 0 atom stereocenters. The molecule has 0 radical (unpaired) electrons. The zero-order chi connectivity index (χ0) is 7.56. The van der Waals surface area contributed by atoms with Gasteiger partial charge in [0.25, 0.3) is 0 Å². The smallest absolute Gasteiger partial charge is 0.124 e. The van der Waals surface area contributed by atoms with Gasteiger partial charge in [0, 0.05) is 9.45 Å². The number of halogens is 3.